The Morgan fingerprint density at radius 2 is 1.91 bits per heavy atom. The van der Waals surface area contributed by atoms with Crippen molar-refractivity contribution < 1.29 is 4.79 Å². The van der Waals surface area contributed by atoms with Crippen LogP contribution in [0.5, 0.6) is 0 Å². The molecule has 23 heavy (non-hydrogen) atoms. The summed E-state index contributed by atoms with van der Waals surface area (Å²) >= 11 is 1.67. The van der Waals surface area contributed by atoms with E-state index in [9.17, 15) is 4.79 Å². The molecule has 2 aliphatic rings. The van der Waals surface area contributed by atoms with E-state index >= 15 is 0 Å². The van der Waals surface area contributed by atoms with Crippen LogP contribution in [-0.2, 0) is 4.79 Å². The van der Waals surface area contributed by atoms with Gasteiger partial charge in [-0.1, -0.05) is 26.0 Å². The number of thiophene rings is 1. The van der Waals surface area contributed by atoms with Crippen LogP contribution < -0.4 is 10.6 Å². The lowest BCUT2D eigenvalue weighted by Crippen LogP contribution is -2.31. The van der Waals surface area contributed by atoms with Crippen molar-refractivity contribution in [2.45, 2.75) is 32.7 Å². The highest BCUT2D eigenvalue weighted by Crippen LogP contribution is 2.45. The van der Waals surface area contributed by atoms with Crippen molar-refractivity contribution in [2.24, 2.45) is 5.41 Å². The summed E-state index contributed by atoms with van der Waals surface area (Å²) in [6.07, 6.45) is 1.50. The van der Waals surface area contributed by atoms with E-state index in [1.165, 1.54) is 0 Å². The fourth-order valence-electron chi connectivity index (χ4n) is 3.58. The van der Waals surface area contributed by atoms with Gasteiger partial charge >= 0.3 is 0 Å². The minimum Gasteiger partial charge on any atom is -0.372 e. The molecule has 1 unspecified atom stereocenters. The van der Waals surface area contributed by atoms with Crippen LogP contribution in [0.1, 0.15) is 38.3 Å². The minimum atomic E-state index is -0.0731. The largest absolute Gasteiger partial charge is 0.372 e. The number of Topliss-reactive ketones (excluding diaryl/α,β-unsaturated/α-hetero) is 1. The molecule has 0 spiro atoms. The summed E-state index contributed by atoms with van der Waals surface area (Å²) in [6.45, 7) is 4.33. The molecule has 2 heterocycles. The monoisotopic (exact) mass is 324 g/mol. The van der Waals surface area contributed by atoms with Gasteiger partial charge in [-0.25, -0.2) is 0 Å². The number of allylic oxidation sites excluding steroid dienone is 1. The molecule has 118 valence electrons. The second-order valence-corrected chi connectivity index (χ2v) is 7.92. The molecule has 2 N–H and O–H groups in total. The van der Waals surface area contributed by atoms with Crippen molar-refractivity contribution in [3.63, 3.8) is 0 Å². The number of carbonyl (C=O) groups is 1. The number of carbonyl (C=O) groups excluding carboxylic acids is 1. The van der Waals surface area contributed by atoms with Gasteiger partial charge in [0.25, 0.3) is 0 Å². The summed E-state index contributed by atoms with van der Waals surface area (Å²) in [5.74, 6) is 0.250. The second kappa shape index (κ2) is 5.24. The minimum absolute atomic E-state index is 0.00139. The van der Waals surface area contributed by atoms with Crippen molar-refractivity contribution >= 4 is 28.5 Å². The molecule has 1 atom stereocenters. The summed E-state index contributed by atoms with van der Waals surface area (Å²) in [6, 6.07) is 10.2. The molecule has 3 nitrogen and oxygen atoms in total. The molecular formula is C19H20N2OS. The van der Waals surface area contributed by atoms with E-state index in [1.807, 2.05) is 12.1 Å². The number of benzene rings is 1. The standard InChI is InChI=1S/C19H20N2OS/c1-19(2)9-15-17(16(22)10-19)18(12-7-8-23-11-12)21-14-6-4-3-5-13(14)20-15/h3-8,11,18,20-21H,9-10H2,1-2H3. The SMILES string of the molecule is CC1(C)CC(=O)C2=C(C1)Nc1ccccc1NC2c1ccsc1. The second-order valence-electron chi connectivity index (χ2n) is 7.14. The Kier molecular flexibility index (Phi) is 3.31. The summed E-state index contributed by atoms with van der Waals surface area (Å²) in [7, 11) is 0. The molecule has 0 saturated carbocycles. The average Bonchev–Trinajstić information content (AvgIpc) is 2.95. The van der Waals surface area contributed by atoms with Gasteiger partial charge in [-0.3, -0.25) is 4.79 Å². The van der Waals surface area contributed by atoms with Crippen LogP contribution in [0.25, 0.3) is 0 Å². The lowest BCUT2D eigenvalue weighted by atomic mass is 9.73. The summed E-state index contributed by atoms with van der Waals surface area (Å²) in [5.41, 5.74) is 5.22. The lowest BCUT2D eigenvalue weighted by Gasteiger charge is -2.33. The molecule has 2 aromatic rings. The summed E-state index contributed by atoms with van der Waals surface area (Å²) in [4.78, 5) is 12.9. The third-order valence-electron chi connectivity index (χ3n) is 4.60. The van der Waals surface area contributed by atoms with Crippen molar-refractivity contribution in [1.82, 2.24) is 0 Å². The predicted molar refractivity (Wildman–Crippen MR) is 95.8 cm³/mol. The first-order valence-electron chi connectivity index (χ1n) is 7.94. The normalized spacial score (nSPS) is 22.5. The maximum absolute atomic E-state index is 12.9. The smallest absolute Gasteiger partial charge is 0.163 e. The van der Waals surface area contributed by atoms with E-state index in [0.29, 0.717) is 6.42 Å². The Hall–Kier alpha value is -2.07. The van der Waals surface area contributed by atoms with Crippen LogP contribution in [0, 0.1) is 5.41 Å². The highest BCUT2D eigenvalue weighted by molar-refractivity contribution is 7.08. The molecule has 0 radical (unpaired) electrons. The van der Waals surface area contributed by atoms with Crippen LogP contribution in [0.4, 0.5) is 11.4 Å². The zero-order valence-electron chi connectivity index (χ0n) is 13.3. The quantitative estimate of drug-likeness (QED) is 0.778. The molecule has 1 aromatic heterocycles. The van der Waals surface area contributed by atoms with Crippen molar-refractivity contribution in [2.75, 3.05) is 10.6 Å². The molecule has 0 saturated heterocycles. The third-order valence-corrected chi connectivity index (χ3v) is 5.30. The highest BCUT2D eigenvalue weighted by atomic mass is 32.1. The number of hydrogen-bond acceptors (Lipinski definition) is 4. The van der Waals surface area contributed by atoms with E-state index in [2.05, 4.69) is 53.4 Å². The van der Waals surface area contributed by atoms with Gasteiger partial charge in [0.1, 0.15) is 0 Å². The van der Waals surface area contributed by atoms with Gasteiger partial charge in [-0.05, 0) is 46.4 Å². The van der Waals surface area contributed by atoms with Gasteiger partial charge in [0, 0.05) is 17.7 Å². The summed E-state index contributed by atoms with van der Waals surface area (Å²) < 4.78 is 0. The van der Waals surface area contributed by atoms with Crippen LogP contribution in [0.2, 0.25) is 0 Å². The molecule has 0 amide bonds. The molecule has 0 bridgehead atoms. The fourth-order valence-corrected chi connectivity index (χ4v) is 4.26. The maximum atomic E-state index is 12.9. The van der Waals surface area contributed by atoms with Crippen molar-refractivity contribution in [3.05, 3.63) is 57.9 Å². The average molecular weight is 324 g/mol. The highest BCUT2D eigenvalue weighted by Gasteiger charge is 2.38. The molecule has 4 heteroatoms. The zero-order chi connectivity index (χ0) is 16.0. The van der Waals surface area contributed by atoms with E-state index in [1.54, 1.807) is 11.3 Å². The zero-order valence-corrected chi connectivity index (χ0v) is 14.2. The first-order chi connectivity index (χ1) is 11.0. The Bertz CT molecular complexity index is 789. The van der Waals surface area contributed by atoms with Gasteiger partial charge in [0.15, 0.2) is 5.78 Å². The number of ketones is 1. The van der Waals surface area contributed by atoms with Gasteiger partial charge < -0.3 is 10.6 Å². The molecular weight excluding hydrogens is 304 g/mol. The molecule has 1 aliphatic heterocycles. The maximum Gasteiger partial charge on any atom is 0.163 e. The van der Waals surface area contributed by atoms with E-state index < -0.39 is 0 Å². The van der Waals surface area contributed by atoms with Gasteiger partial charge in [-0.15, -0.1) is 0 Å². The molecule has 4 rings (SSSR count). The fraction of sp³-hybridized carbons (Fsp3) is 0.316. The van der Waals surface area contributed by atoms with Crippen LogP contribution in [0.3, 0.4) is 0 Å². The first kappa shape index (κ1) is 14.5. The van der Waals surface area contributed by atoms with Crippen LogP contribution in [0.15, 0.2) is 52.4 Å². The van der Waals surface area contributed by atoms with Gasteiger partial charge in [-0.2, -0.15) is 11.3 Å². The number of nitrogens with one attached hydrogen (secondary N) is 2. The molecule has 1 aliphatic carbocycles. The Morgan fingerprint density at radius 3 is 2.65 bits per heavy atom. The van der Waals surface area contributed by atoms with Gasteiger partial charge in [0.2, 0.25) is 0 Å². The third kappa shape index (κ3) is 2.57. The number of rotatable bonds is 1. The van der Waals surface area contributed by atoms with E-state index in [4.69, 9.17) is 0 Å². The summed E-state index contributed by atoms with van der Waals surface area (Å²) in [5, 5.41) is 11.3. The van der Waals surface area contributed by atoms with E-state index in [-0.39, 0.29) is 17.2 Å². The first-order valence-corrected chi connectivity index (χ1v) is 8.89. The van der Waals surface area contributed by atoms with E-state index in [0.717, 1.165) is 34.6 Å². The van der Waals surface area contributed by atoms with Crippen molar-refractivity contribution in [1.29, 1.82) is 0 Å². The van der Waals surface area contributed by atoms with Crippen LogP contribution in [-0.4, -0.2) is 5.78 Å². The van der Waals surface area contributed by atoms with Gasteiger partial charge in [0.05, 0.1) is 17.4 Å². The number of hydrogen-bond donors (Lipinski definition) is 2. The Balaban J connectivity index is 1.88. The lowest BCUT2D eigenvalue weighted by molar-refractivity contribution is -0.118. The molecule has 0 fully saturated rings. The predicted octanol–water partition coefficient (Wildman–Crippen LogP) is 4.97. The van der Waals surface area contributed by atoms with Crippen molar-refractivity contribution in [3.8, 4) is 0 Å². The molecule has 1 aromatic carbocycles. The number of fused-ring (bicyclic) bond motifs is 1. The topological polar surface area (TPSA) is 41.1 Å². The Morgan fingerprint density at radius 1 is 1.13 bits per heavy atom. The number of anilines is 2. The van der Waals surface area contributed by atoms with Crippen LogP contribution >= 0.6 is 11.3 Å². The Labute approximate surface area is 140 Å². The number of para-hydroxylation sites is 2.